The van der Waals surface area contributed by atoms with Crippen molar-refractivity contribution in [3.63, 3.8) is 0 Å². The second-order valence-corrected chi connectivity index (χ2v) is 2.63. The van der Waals surface area contributed by atoms with Gasteiger partial charge in [-0.25, -0.2) is 4.79 Å². The molecule has 11 nitrogen and oxygen atoms in total. The van der Waals surface area contributed by atoms with Crippen LogP contribution in [0.25, 0.3) is 0 Å². The van der Waals surface area contributed by atoms with Gasteiger partial charge in [-0.1, -0.05) is 0 Å². The molecule has 0 aliphatic carbocycles. The number of ketones is 1. The summed E-state index contributed by atoms with van der Waals surface area (Å²) < 4.78 is 4.28. The van der Waals surface area contributed by atoms with Gasteiger partial charge < -0.3 is 14.4 Å². The van der Waals surface area contributed by atoms with E-state index in [1.54, 1.807) is 0 Å². The average Bonchev–Trinajstić information content (AvgIpc) is 2.20. The molecule has 0 N–H and O–H groups in total. The van der Waals surface area contributed by atoms with Crippen molar-refractivity contribution < 1.29 is 34.2 Å². The first-order chi connectivity index (χ1) is 7.82. The van der Waals surface area contributed by atoms with Gasteiger partial charge >= 0.3 is 5.97 Å². The summed E-state index contributed by atoms with van der Waals surface area (Å²) in [6, 6.07) is 0. The van der Waals surface area contributed by atoms with Crippen molar-refractivity contribution in [2.75, 3.05) is 13.2 Å². The number of carbonyl (C=O) groups excluding carboxylic acids is 2. The van der Waals surface area contributed by atoms with Gasteiger partial charge in [0.05, 0.1) is 0 Å². The molecule has 96 valence electrons. The molecule has 0 aromatic rings. The van der Waals surface area contributed by atoms with Crippen LogP contribution in [0.2, 0.25) is 0 Å². The van der Waals surface area contributed by atoms with Gasteiger partial charge in [0.2, 0.25) is 5.78 Å². The summed E-state index contributed by atoms with van der Waals surface area (Å²) >= 11 is 0. The molecule has 0 fully saturated rings. The third-order valence-corrected chi connectivity index (χ3v) is 1.29. The van der Waals surface area contributed by atoms with Gasteiger partial charge in [-0.2, -0.15) is 0 Å². The van der Waals surface area contributed by atoms with Crippen molar-refractivity contribution in [2.24, 2.45) is 0 Å². The van der Waals surface area contributed by atoms with Crippen molar-refractivity contribution in [3.05, 3.63) is 20.2 Å². The van der Waals surface area contributed by atoms with Crippen LogP contribution < -0.4 is 0 Å². The highest BCUT2D eigenvalue weighted by atomic mass is 17.0. The van der Waals surface area contributed by atoms with Crippen LogP contribution in [0.5, 0.6) is 0 Å². The molecule has 0 heterocycles. The fraction of sp³-hybridized carbons (Fsp3) is 0.667. The summed E-state index contributed by atoms with van der Waals surface area (Å²) in [5.41, 5.74) is 0. The first-order valence-electron chi connectivity index (χ1n) is 4.09. The van der Waals surface area contributed by atoms with Crippen molar-refractivity contribution in [2.45, 2.75) is 13.0 Å². The van der Waals surface area contributed by atoms with Crippen LogP contribution in [-0.4, -0.2) is 41.2 Å². The van der Waals surface area contributed by atoms with E-state index in [0.717, 1.165) is 6.92 Å². The van der Waals surface area contributed by atoms with Gasteiger partial charge in [0.1, 0.15) is 13.2 Å². The molecule has 1 atom stereocenters. The number of ether oxygens (including phenoxy) is 1. The highest BCUT2D eigenvalue weighted by molar-refractivity contribution is 6.32. The van der Waals surface area contributed by atoms with Gasteiger partial charge in [0.15, 0.2) is 6.10 Å². The van der Waals surface area contributed by atoms with Crippen molar-refractivity contribution in [1.29, 1.82) is 0 Å². The molecule has 0 aliphatic heterocycles. The van der Waals surface area contributed by atoms with E-state index in [1.807, 2.05) is 0 Å². The number of rotatable bonds is 8. The Bertz CT molecular complexity index is 327. The standard InChI is InChI=1S/C6H8N2O9/c1-4(9)6(10)15-2-5(17-8(13)14)3-16-7(11)12/h5H,2-3H2,1H3. The molecule has 0 rings (SSSR count). The summed E-state index contributed by atoms with van der Waals surface area (Å²) in [5, 5.41) is 17.4. The minimum atomic E-state index is -1.49. The normalized spacial score (nSPS) is 11.1. The molecule has 0 amide bonds. The monoisotopic (exact) mass is 252 g/mol. The zero-order chi connectivity index (χ0) is 13.4. The Balaban J connectivity index is 4.18. The Morgan fingerprint density at radius 3 is 2.18 bits per heavy atom. The Morgan fingerprint density at radius 1 is 1.18 bits per heavy atom. The van der Waals surface area contributed by atoms with Gasteiger partial charge in [-0.05, 0) is 0 Å². The topological polar surface area (TPSA) is 148 Å². The predicted molar refractivity (Wildman–Crippen MR) is 46.5 cm³/mol. The molecule has 0 radical (unpaired) electrons. The number of esters is 1. The Hall–Kier alpha value is -2.46. The van der Waals surface area contributed by atoms with E-state index >= 15 is 0 Å². The molecule has 0 spiro atoms. The zero-order valence-electron chi connectivity index (χ0n) is 8.56. The maximum Gasteiger partial charge on any atom is 0.374 e. The molecule has 0 aromatic heterocycles. The minimum Gasteiger partial charge on any atom is -0.458 e. The van der Waals surface area contributed by atoms with Crippen LogP contribution in [0.1, 0.15) is 6.92 Å². The van der Waals surface area contributed by atoms with Crippen LogP contribution in [0.3, 0.4) is 0 Å². The Labute approximate surface area is 93.4 Å². The van der Waals surface area contributed by atoms with E-state index in [4.69, 9.17) is 0 Å². The van der Waals surface area contributed by atoms with Crippen LogP contribution in [0, 0.1) is 20.2 Å². The zero-order valence-corrected chi connectivity index (χ0v) is 8.56. The minimum absolute atomic E-state index is 0.715. The van der Waals surface area contributed by atoms with E-state index in [9.17, 15) is 29.8 Å². The number of carbonyl (C=O) groups is 2. The molecule has 0 bridgehead atoms. The number of hydrogen-bond acceptors (Lipinski definition) is 9. The maximum absolute atomic E-state index is 10.7. The molecular formula is C6H8N2O9. The van der Waals surface area contributed by atoms with E-state index in [1.165, 1.54) is 0 Å². The first-order valence-corrected chi connectivity index (χ1v) is 4.09. The molecule has 11 heteroatoms. The van der Waals surface area contributed by atoms with E-state index in [2.05, 4.69) is 14.4 Å². The predicted octanol–water partition coefficient (Wildman–Crippen LogP) is -1.10. The quantitative estimate of drug-likeness (QED) is 0.227. The second kappa shape index (κ2) is 6.92. The molecule has 1 unspecified atom stereocenters. The van der Waals surface area contributed by atoms with Crippen LogP contribution in [-0.2, 0) is 24.0 Å². The van der Waals surface area contributed by atoms with Crippen molar-refractivity contribution in [3.8, 4) is 0 Å². The van der Waals surface area contributed by atoms with Gasteiger partial charge in [-0.15, -0.1) is 20.2 Å². The summed E-state index contributed by atoms with van der Waals surface area (Å²) in [6.45, 7) is -0.592. The lowest BCUT2D eigenvalue weighted by Crippen LogP contribution is -2.31. The first kappa shape index (κ1) is 14.5. The highest BCUT2D eigenvalue weighted by Crippen LogP contribution is 1.97. The smallest absolute Gasteiger partial charge is 0.374 e. The lowest BCUT2D eigenvalue weighted by molar-refractivity contribution is -0.790. The molecule has 0 saturated carbocycles. The van der Waals surface area contributed by atoms with Crippen molar-refractivity contribution >= 4 is 11.8 Å². The van der Waals surface area contributed by atoms with Crippen molar-refractivity contribution in [1.82, 2.24) is 0 Å². The van der Waals surface area contributed by atoms with Gasteiger partial charge in [0.25, 0.3) is 10.2 Å². The van der Waals surface area contributed by atoms with E-state index < -0.39 is 41.2 Å². The summed E-state index contributed by atoms with van der Waals surface area (Å²) in [6.07, 6.45) is -1.49. The van der Waals surface area contributed by atoms with E-state index in [0.29, 0.717) is 0 Å². The summed E-state index contributed by atoms with van der Waals surface area (Å²) in [4.78, 5) is 48.7. The third kappa shape index (κ3) is 7.47. The number of hydrogen-bond donors (Lipinski definition) is 0. The number of Topliss-reactive ketones (excluding diaryl/α,β-unsaturated/α-hetero) is 1. The average molecular weight is 252 g/mol. The van der Waals surface area contributed by atoms with Crippen LogP contribution in [0.4, 0.5) is 0 Å². The molecule has 0 saturated heterocycles. The molecular weight excluding hydrogens is 244 g/mol. The second-order valence-electron chi connectivity index (χ2n) is 2.63. The summed E-state index contributed by atoms with van der Waals surface area (Å²) in [7, 11) is 0. The molecule has 0 aromatic carbocycles. The summed E-state index contributed by atoms with van der Waals surface area (Å²) in [5.74, 6) is -2.15. The lowest BCUT2D eigenvalue weighted by Gasteiger charge is -2.12. The van der Waals surface area contributed by atoms with E-state index in [-0.39, 0.29) is 0 Å². The number of nitrogens with zero attached hydrogens (tertiary/aromatic N) is 2. The fourth-order valence-electron chi connectivity index (χ4n) is 0.645. The Morgan fingerprint density at radius 2 is 1.76 bits per heavy atom. The maximum atomic E-state index is 10.7. The lowest BCUT2D eigenvalue weighted by atomic mass is 10.4. The molecule has 0 aliphatic rings. The van der Waals surface area contributed by atoms with Gasteiger partial charge in [0, 0.05) is 6.92 Å². The Kier molecular flexibility index (Phi) is 5.92. The van der Waals surface area contributed by atoms with Gasteiger partial charge in [-0.3, -0.25) is 4.79 Å². The largest absolute Gasteiger partial charge is 0.458 e. The van der Waals surface area contributed by atoms with Crippen LogP contribution in [0.15, 0.2) is 0 Å². The fourth-order valence-corrected chi connectivity index (χ4v) is 0.645. The molecule has 17 heavy (non-hydrogen) atoms. The highest BCUT2D eigenvalue weighted by Gasteiger charge is 2.19. The third-order valence-electron chi connectivity index (χ3n) is 1.29. The SMILES string of the molecule is CC(=O)C(=O)OCC(CO[N+](=O)[O-])O[N+](=O)[O-]. The van der Waals surface area contributed by atoms with Crippen LogP contribution >= 0.6 is 0 Å².